The zero-order chi connectivity index (χ0) is 13.7. The Bertz CT molecular complexity index is 543. The molecule has 1 N–H and O–H groups in total. The molecule has 5 heteroatoms. The van der Waals surface area contributed by atoms with Crippen molar-refractivity contribution in [3.05, 3.63) is 59.1 Å². The predicted molar refractivity (Wildman–Crippen MR) is 71.8 cm³/mol. The monoisotopic (exact) mass is 283 g/mol. The second-order valence-corrected chi connectivity index (χ2v) is 4.24. The maximum Gasteiger partial charge on any atom is 0.173 e. The number of benzene rings is 2. The second-order valence-electron chi connectivity index (χ2n) is 3.84. The van der Waals surface area contributed by atoms with Gasteiger partial charge in [-0.15, -0.1) is 0 Å². The first-order valence-electron chi connectivity index (χ1n) is 5.73. The van der Waals surface area contributed by atoms with Gasteiger partial charge in [0.1, 0.15) is 12.4 Å². The van der Waals surface area contributed by atoms with Crippen LogP contribution in [0.3, 0.4) is 0 Å². The molecule has 0 aliphatic carbocycles. The first kappa shape index (κ1) is 13.6. The molecule has 0 unspecified atom stereocenters. The first-order chi connectivity index (χ1) is 9.16. The largest absolute Gasteiger partial charge is 0.487 e. The van der Waals surface area contributed by atoms with Gasteiger partial charge in [0.2, 0.25) is 0 Å². The van der Waals surface area contributed by atoms with Gasteiger partial charge in [-0.25, -0.2) is 8.78 Å². The van der Waals surface area contributed by atoms with Gasteiger partial charge in [-0.05, 0) is 30.3 Å². The summed E-state index contributed by atoms with van der Waals surface area (Å²) in [6, 6.07) is 10.4. The number of halogens is 3. The van der Waals surface area contributed by atoms with Gasteiger partial charge in [0.05, 0.1) is 5.02 Å². The van der Waals surface area contributed by atoms with Crippen LogP contribution < -0.4 is 10.1 Å². The third-order valence-electron chi connectivity index (χ3n) is 2.42. The van der Waals surface area contributed by atoms with Crippen LogP contribution in [0, 0.1) is 11.6 Å². The van der Waals surface area contributed by atoms with Crippen LogP contribution in [0.1, 0.15) is 0 Å². The zero-order valence-corrected chi connectivity index (χ0v) is 10.8. The lowest BCUT2D eigenvalue weighted by molar-refractivity contribution is 0.315. The van der Waals surface area contributed by atoms with Crippen LogP contribution in [0.4, 0.5) is 14.5 Å². The topological polar surface area (TPSA) is 21.3 Å². The van der Waals surface area contributed by atoms with Crippen LogP contribution >= 0.6 is 11.6 Å². The Hall–Kier alpha value is -1.81. The minimum Gasteiger partial charge on any atom is -0.487 e. The molecule has 0 aliphatic rings. The Morgan fingerprint density at radius 3 is 2.63 bits per heavy atom. The Morgan fingerprint density at radius 1 is 1.11 bits per heavy atom. The number of nitrogens with one attached hydrogen (secondary N) is 1. The summed E-state index contributed by atoms with van der Waals surface area (Å²) < 4.78 is 31.5. The van der Waals surface area contributed by atoms with Crippen molar-refractivity contribution in [2.45, 2.75) is 0 Å². The van der Waals surface area contributed by atoms with Crippen LogP contribution in [0.15, 0.2) is 42.5 Å². The molecule has 2 nitrogen and oxygen atoms in total. The third kappa shape index (κ3) is 3.83. The van der Waals surface area contributed by atoms with Crippen LogP contribution in [-0.2, 0) is 0 Å². The maximum atomic E-state index is 13.4. The average Bonchev–Trinajstić information content (AvgIpc) is 2.37. The summed E-state index contributed by atoms with van der Waals surface area (Å²) in [5.74, 6) is -0.786. The lowest BCUT2D eigenvalue weighted by atomic mass is 10.3. The van der Waals surface area contributed by atoms with Gasteiger partial charge in [-0.1, -0.05) is 23.7 Å². The van der Waals surface area contributed by atoms with E-state index in [-0.39, 0.29) is 23.2 Å². The molecule has 0 bridgehead atoms. The SMILES string of the molecule is Fc1cccc(NCCOc2c(F)cccc2Cl)c1. The van der Waals surface area contributed by atoms with Crippen molar-refractivity contribution >= 4 is 17.3 Å². The van der Waals surface area contributed by atoms with Gasteiger partial charge in [-0.3, -0.25) is 0 Å². The normalized spacial score (nSPS) is 10.3. The van der Waals surface area contributed by atoms with Crippen molar-refractivity contribution in [2.24, 2.45) is 0 Å². The van der Waals surface area contributed by atoms with Crippen molar-refractivity contribution in [3.8, 4) is 5.75 Å². The highest BCUT2D eigenvalue weighted by Gasteiger charge is 2.07. The molecule has 2 aromatic carbocycles. The van der Waals surface area contributed by atoms with Gasteiger partial charge in [0.25, 0.3) is 0 Å². The highest BCUT2D eigenvalue weighted by Crippen LogP contribution is 2.26. The maximum absolute atomic E-state index is 13.4. The van der Waals surface area contributed by atoms with Crippen LogP contribution in [0.5, 0.6) is 5.75 Å². The highest BCUT2D eigenvalue weighted by molar-refractivity contribution is 6.32. The smallest absolute Gasteiger partial charge is 0.173 e. The van der Waals surface area contributed by atoms with Crippen molar-refractivity contribution < 1.29 is 13.5 Å². The molecule has 100 valence electrons. The molecule has 0 saturated carbocycles. The fraction of sp³-hybridized carbons (Fsp3) is 0.143. The molecule has 2 aromatic rings. The number of hydrogen-bond donors (Lipinski definition) is 1. The molecular weight excluding hydrogens is 272 g/mol. The van der Waals surface area contributed by atoms with E-state index >= 15 is 0 Å². The van der Waals surface area contributed by atoms with E-state index in [1.54, 1.807) is 18.2 Å². The van der Waals surface area contributed by atoms with Crippen LogP contribution in [0.25, 0.3) is 0 Å². The molecule has 0 aromatic heterocycles. The summed E-state index contributed by atoms with van der Waals surface area (Å²) in [5, 5.41) is 3.19. The summed E-state index contributed by atoms with van der Waals surface area (Å²) in [6.45, 7) is 0.630. The average molecular weight is 284 g/mol. The Morgan fingerprint density at radius 2 is 1.89 bits per heavy atom. The van der Waals surface area contributed by atoms with E-state index < -0.39 is 5.82 Å². The van der Waals surface area contributed by atoms with E-state index in [0.29, 0.717) is 12.2 Å². The van der Waals surface area contributed by atoms with E-state index in [0.717, 1.165) is 0 Å². The molecular formula is C14H12ClF2NO. The van der Waals surface area contributed by atoms with E-state index in [1.165, 1.54) is 24.3 Å². The van der Waals surface area contributed by atoms with Crippen molar-refractivity contribution in [2.75, 3.05) is 18.5 Å². The molecule has 0 atom stereocenters. The van der Waals surface area contributed by atoms with Gasteiger partial charge in [0, 0.05) is 12.2 Å². The number of para-hydroxylation sites is 1. The van der Waals surface area contributed by atoms with Crippen molar-refractivity contribution in [3.63, 3.8) is 0 Å². The lowest BCUT2D eigenvalue weighted by Crippen LogP contribution is -2.12. The second kappa shape index (κ2) is 6.38. The molecule has 0 fully saturated rings. The Labute approximate surface area is 115 Å². The van der Waals surface area contributed by atoms with Gasteiger partial charge in [-0.2, -0.15) is 0 Å². The van der Waals surface area contributed by atoms with Crippen LogP contribution in [0.2, 0.25) is 5.02 Å². The minimum atomic E-state index is -0.502. The van der Waals surface area contributed by atoms with E-state index in [2.05, 4.69) is 5.32 Å². The molecule has 0 spiro atoms. The number of hydrogen-bond acceptors (Lipinski definition) is 2. The summed E-state index contributed by atoms with van der Waals surface area (Å²) in [4.78, 5) is 0. The van der Waals surface area contributed by atoms with Gasteiger partial charge in [0.15, 0.2) is 11.6 Å². The molecule has 0 radical (unpaired) electrons. The summed E-state index contributed by atoms with van der Waals surface area (Å²) in [7, 11) is 0. The third-order valence-corrected chi connectivity index (χ3v) is 2.72. The standard InChI is InChI=1S/C14H12ClF2NO/c15-12-5-2-6-13(17)14(12)19-8-7-18-11-4-1-3-10(16)9-11/h1-6,9,18H,7-8H2. The van der Waals surface area contributed by atoms with Crippen molar-refractivity contribution in [1.82, 2.24) is 0 Å². The first-order valence-corrected chi connectivity index (χ1v) is 6.11. The van der Waals surface area contributed by atoms with Crippen LogP contribution in [-0.4, -0.2) is 13.2 Å². The van der Waals surface area contributed by atoms with E-state index in [4.69, 9.17) is 16.3 Å². The lowest BCUT2D eigenvalue weighted by Gasteiger charge is -2.10. The van der Waals surface area contributed by atoms with Gasteiger partial charge >= 0.3 is 0 Å². The Balaban J connectivity index is 1.84. The van der Waals surface area contributed by atoms with E-state index in [9.17, 15) is 8.78 Å². The number of anilines is 1. The molecule has 0 aliphatic heterocycles. The molecule has 19 heavy (non-hydrogen) atoms. The highest BCUT2D eigenvalue weighted by atomic mass is 35.5. The minimum absolute atomic E-state index is 0.0326. The fourth-order valence-electron chi connectivity index (χ4n) is 1.57. The number of ether oxygens (including phenoxy) is 1. The zero-order valence-electron chi connectivity index (χ0n) is 10.00. The molecule has 0 heterocycles. The molecule has 0 amide bonds. The fourth-order valence-corrected chi connectivity index (χ4v) is 1.78. The quantitative estimate of drug-likeness (QED) is 0.834. The summed E-state index contributed by atoms with van der Waals surface area (Å²) in [6.07, 6.45) is 0. The van der Waals surface area contributed by atoms with Gasteiger partial charge < -0.3 is 10.1 Å². The Kier molecular flexibility index (Phi) is 4.58. The van der Waals surface area contributed by atoms with Crippen molar-refractivity contribution in [1.29, 1.82) is 0 Å². The number of rotatable bonds is 5. The summed E-state index contributed by atoms with van der Waals surface area (Å²) >= 11 is 5.81. The summed E-state index contributed by atoms with van der Waals surface area (Å²) in [5.41, 5.74) is 0.642. The van der Waals surface area contributed by atoms with E-state index in [1.807, 2.05) is 0 Å². The molecule has 2 rings (SSSR count). The predicted octanol–water partition coefficient (Wildman–Crippen LogP) is 4.11. The molecule has 0 saturated heterocycles.